The number of hydrogen-bond acceptors (Lipinski definition) is 5. The van der Waals surface area contributed by atoms with Gasteiger partial charge in [0.05, 0.1) is 25.5 Å². The molecule has 1 saturated heterocycles. The first-order valence-corrected chi connectivity index (χ1v) is 12.8. The molecule has 0 radical (unpaired) electrons. The first kappa shape index (κ1) is 24.6. The fourth-order valence-electron chi connectivity index (χ4n) is 4.98. The molecule has 0 saturated carbocycles. The van der Waals surface area contributed by atoms with E-state index in [0.29, 0.717) is 5.56 Å². The van der Waals surface area contributed by atoms with E-state index < -0.39 is 0 Å². The molecule has 4 aromatic rings. The van der Waals surface area contributed by atoms with Crippen molar-refractivity contribution in [3.05, 3.63) is 89.1 Å². The molecule has 1 fully saturated rings. The van der Waals surface area contributed by atoms with E-state index >= 15 is 0 Å². The highest BCUT2D eigenvalue weighted by Crippen LogP contribution is 2.25. The summed E-state index contributed by atoms with van der Waals surface area (Å²) in [5.41, 5.74) is 4.18. The number of aromatic nitrogens is 3. The maximum atomic E-state index is 12.1. The number of carbonyl (C=O) groups is 1. The van der Waals surface area contributed by atoms with E-state index in [0.717, 1.165) is 74.7 Å². The van der Waals surface area contributed by atoms with Crippen LogP contribution >= 0.6 is 11.6 Å². The minimum atomic E-state index is -0.308. The van der Waals surface area contributed by atoms with E-state index in [1.807, 2.05) is 42.9 Å². The predicted molar refractivity (Wildman–Crippen MR) is 142 cm³/mol. The van der Waals surface area contributed by atoms with E-state index in [1.54, 1.807) is 6.20 Å². The fraction of sp³-hybridized carbons (Fsp3) is 0.357. The number of rotatable bonds is 9. The van der Waals surface area contributed by atoms with Crippen LogP contribution in [0, 0.1) is 0 Å². The van der Waals surface area contributed by atoms with Gasteiger partial charge in [-0.15, -0.1) is 0 Å². The molecule has 0 unspecified atom stereocenters. The summed E-state index contributed by atoms with van der Waals surface area (Å²) >= 11 is 6.01. The average Bonchev–Trinajstić information content (AvgIpc) is 3.54. The number of ether oxygens (including phenoxy) is 1. The lowest BCUT2D eigenvalue weighted by Gasteiger charge is -2.34. The minimum absolute atomic E-state index is 0.308. The SMILES string of the molecule is COC(=O)c1ccc2c(Cn3ccnc3)cn(CCCN3CCN(Cc4ccc(Cl)cc4)CC3)c2c1. The second kappa shape index (κ2) is 11.3. The number of esters is 1. The van der Waals surface area contributed by atoms with Crippen molar-refractivity contribution in [2.75, 3.05) is 39.8 Å². The summed E-state index contributed by atoms with van der Waals surface area (Å²) in [6, 6.07) is 14.0. The molecule has 3 heterocycles. The standard InChI is InChI=1S/C28H32ClN5O2/c1-36-28(35)23-5-8-26-24(19-33-12-9-30-21-33)20-34(27(26)17-23)11-2-10-31-13-15-32(16-14-31)18-22-3-6-25(29)7-4-22/h3-9,12,17,20-21H,2,10-11,13-16,18-19H2,1H3. The Morgan fingerprint density at radius 2 is 1.78 bits per heavy atom. The second-order valence-electron chi connectivity index (χ2n) is 9.40. The van der Waals surface area contributed by atoms with Crippen molar-refractivity contribution in [1.29, 1.82) is 0 Å². The Hall–Kier alpha value is -3.13. The van der Waals surface area contributed by atoms with Crippen LogP contribution in [0.3, 0.4) is 0 Å². The molecular weight excluding hydrogens is 474 g/mol. The normalized spacial score (nSPS) is 14.9. The van der Waals surface area contributed by atoms with Crippen molar-refractivity contribution < 1.29 is 9.53 Å². The molecule has 2 aromatic carbocycles. The Labute approximate surface area is 216 Å². The number of benzene rings is 2. The lowest BCUT2D eigenvalue weighted by Crippen LogP contribution is -2.46. The molecule has 0 spiro atoms. The van der Waals surface area contributed by atoms with E-state index in [2.05, 4.69) is 42.2 Å². The van der Waals surface area contributed by atoms with Crippen LogP contribution in [0.25, 0.3) is 10.9 Å². The third kappa shape index (κ3) is 5.81. The molecule has 1 aliphatic heterocycles. The third-order valence-electron chi connectivity index (χ3n) is 6.96. The zero-order valence-electron chi connectivity index (χ0n) is 20.6. The monoisotopic (exact) mass is 505 g/mol. The molecule has 1 aliphatic rings. The topological polar surface area (TPSA) is 55.5 Å². The molecule has 0 N–H and O–H groups in total. The van der Waals surface area contributed by atoms with Gasteiger partial charge >= 0.3 is 5.97 Å². The van der Waals surface area contributed by atoms with Gasteiger partial charge in [0.2, 0.25) is 0 Å². The zero-order valence-corrected chi connectivity index (χ0v) is 21.4. The van der Waals surface area contributed by atoms with E-state index in [4.69, 9.17) is 16.3 Å². The van der Waals surface area contributed by atoms with Gasteiger partial charge in [0, 0.05) is 73.8 Å². The van der Waals surface area contributed by atoms with Crippen LogP contribution in [0.4, 0.5) is 0 Å². The minimum Gasteiger partial charge on any atom is -0.465 e. The summed E-state index contributed by atoms with van der Waals surface area (Å²) in [7, 11) is 1.42. The Morgan fingerprint density at radius 3 is 2.50 bits per heavy atom. The fourth-order valence-corrected chi connectivity index (χ4v) is 5.11. The number of imidazole rings is 1. The maximum absolute atomic E-state index is 12.1. The molecule has 0 aliphatic carbocycles. The van der Waals surface area contributed by atoms with Crippen molar-refractivity contribution in [2.45, 2.75) is 26.1 Å². The smallest absolute Gasteiger partial charge is 0.337 e. The van der Waals surface area contributed by atoms with Gasteiger partial charge in [-0.05, 0) is 48.4 Å². The lowest BCUT2D eigenvalue weighted by atomic mass is 10.1. The van der Waals surface area contributed by atoms with E-state index in [-0.39, 0.29) is 5.97 Å². The molecular formula is C28H32ClN5O2. The van der Waals surface area contributed by atoms with Crippen molar-refractivity contribution in [2.24, 2.45) is 0 Å². The van der Waals surface area contributed by atoms with Gasteiger partial charge in [0.15, 0.2) is 0 Å². The summed E-state index contributed by atoms with van der Waals surface area (Å²) in [5.74, 6) is -0.308. The number of carbonyl (C=O) groups excluding carboxylic acids is 1. The molecule has 8 heteroatoms. The molecule has 0 bridgehead atoms. The van der Waals surface area contributed by atoms with Crippen molar-refractivity contribution in [1.82, 2.24) is 23.9 Å². The van der Waals surface area contributed by atoms with Crippen LogP contribution in [-0.4, -0.2) is 69.7 Å². The summed E-state index contributed by atoms with van der Waals surface area (Å²) in [5, 5.41) is 1.95. The largest absolute Gasteiger partial charge is 0.465 e. The Morgan fingerprint density at radius 1 is 1.00 bits per heavy atom. The van der Waals surface area contributed by atoms with Crippen LogP contribution in [0.15, 0.2) is 67.4 Å². The number of aryl methyl sites for hydroxylation is 1. The van der Waals surface area contributed by atoms with E-state index in [9.17, 15) is 4.79 Å². The lowest BCUT2D eigenvalue weighted by molar-refractivity contribution is 0.0601. The number of nitrogens with zero attached hydrogens (tertiary/aromatic N) is 5. The highest BCUT2D eigenvalue weighted by Gasteiger charge is 2.17. The van der Waals surface area contributed by atoms with Gasteiger partial charge in [-0.3, -0.25) is 4.90 Å². The molecule has 7 nitrogen and oxygen atoms in total. The summed E-state index contributed by atoms with van der Waals surface area (Å²) < 4.78 is 9.30. The highest BCUT2D eigenvalue weighted by atomic mass is 35.5. The molecule has 0 amide bonds. The third-order valence-corrected chi connectivity index (χ3v) is 7.21. The van der Waals surface area contributed by atoms with Gasteiger partial charge in [-0.2, -0.15) is 0 Å². The number of fused-ring (bicyclic) bond motifs is 1. The van der Waals surface area contributed by atoms with E-state index in [1.165, 1.54) is 18.2 Å². The predicted octanol–water partition coefficient (Wildman–Crippen LogP) is 4.53. The van der Waals surface area contributed by atoms with Crippen LogP contribution in [-0.2, 0) is 24.4 Å². The van der Waals surface area contributed by atoms with Gasteiger partial charge < -0.3 is 18.8 Å². The summed E-state index contributed by atoms with van der Waals surface area (Å²) in [6.07, 6.45) is 8.87. The molecule has 5 rings (SSSR count). The van der Waals surface area contributed by atoms with Crippen molar-refractivity contribution in [3.8, 4) is 0 Å². The zero-order chi connectivity index (χ0) is 24.9. The number of methoxy groups -OCH3 is 1. The Bertz CT molecular complexity index is 1290. The number of piperazine rings is 1. The highest BCUT2D eigenvalue weighted by molar-refractivity contribution is 6.30. The first-order valence-electron chi connectivity index (χ1n) is 12.4. The molecule has 0 atom stereocenters. The van der Waals surface area contributed by atoms with Gasteiger partial charge in [0.25, 0.3) is 0 Å². The molecule has 2 aromatic heterocycles. The van der Waals surface area contributed by atoms with Crippen LogP contribution in [0.2, 0.25) is 5.02 Å². The Kier molecular flexibility index (Phi) is 7.70. The number of hydrogen-bond donors (Lipinski definition) is 0. The van der Waals surface area contributed by atoms with Gasteiger partial charge in [-0.25, -0.2) is 9.78 Å². The van der Waals surface area contributed by atoms with Gasteiger partial charge in [-0.1, -0.05) is 29.8 Å². The van der Waals surface area contributed by atoms with Gasteiger partial charge in [0.1, 0.15) is 0 Å². The first-order chi connectivity index (χ1) is 17.6. The van der Waals surface area contributed by atoms with Crippen LogP contribution < -0.4 is 0 Å². The molecule has 36 heavy (non-hydrogen) atoms. The Balaban J connectivity index is 1.20. The van der Waals surface area contributed by atoms with Crippen LogP contribution in [0.5, 0.6) is 0 Å². The van der Waals surface area contributed by atoms with Crippen LogP contribution in [0.1, 0.15) is 27.9 Å². The summed E-state index contributed by atoms with van der Waals surface area (Å²) in [6.45, 7) is 7.99. The second-order valence-corrected chi connectivity index (χ2v) is 9.84. The van der Waals surface area contributed by atoms with Crippen molar-refractivity contribution >= 4 is 28.5 Å². The quantitative estimate of drug-likeness (QED) is 0.313. The van der Waals surface area contributed by atoms with Crippen molar-refractivity contribution in [3.63, 3.8) is 0 Å². The maximum Gasteiger partial charge on any atom is 0.337 e. The number of halogens is 1. The molecule has 188 valence electrons. The average molecular weight is 506 g/mol. The summed E-state index contributed by atoms with van der Waals surface area (Å²) in [4.78, 5) is 21.4.